The van der Waals surface area contributed by atoms with Gasteiger partial charge in [-0.1, -0.05) is 11.8 Å². The molecule has 4 N–H and O–H groups in total. The van der Waals surface area contributed by atoms with Crippen molar-refractivity contribution in [3.63, 3.8) is 0 Å². The van der Waals surface area contributed by atoms with E-state index >= 15 is 0 Å². The molecule has 0 aromatic carbocycles. The summed E-state index contributed by atoms with van der Waals surface area (Å²) in [5, 5.41) is 15.7. The zero-order valence-corrected chi connectivity index (χ0v) is 19.5. The van der Waals surface area contributed by atoms with Gasteiger partial charge in [0, 0.05) is 41.1 Å². The number of hydrazine groups is 1. The van der Waals surface area contributed by atoms with Crippen molar-refractivity contribution in [3.05, 3.63) is 59.9 Å². The van der Waals surface area contributed by atoms with Crippen molar-refractivity contribution in [1.29, 1.82) is 5.26 Å². The lowest BCUT2D eigenvalue weighted by Crippen LogP contribution is -2.43. The van der Waals surface area contributed by atoms with E-state index in [1.807, 2.05) is 6.07 Å². The van der Waals surface area contributed by atoms with E-state index in [4.69, 9.17) is 11.6 Å². The molecule has 1 aliphatic rings. The number of fused-ring (bicyclic) bond motifs is 1. The molecule has 33 heavy (non-hydrogen) atoms. The van der Waals surface area contributed by atoms with Crippen LogP contribution >= 0.6 is 11.8 Å². The zero-order valence-electron chi connectivity index (χ0n) is 18.6. The highest BCUT2D eigenvalue weighted by Gasteiger charge is 2.25. The van der Waals surface area contributed by atoms with Crippen molar-refractivity contribution in [3.8, 4) is 6.07 Å². The Hall–Kier alpha value is -3.13. The van der Waals surface area contributed by atoms with Crippen LogP contribution in [0.1, 0.15) is 36.8 Å². The SMILES string of the molecule is CN(C)C1CCC(N(N)/C=C(\N)c2cc(Sc3ncccc3F)c3c(C#N)cnn3c2)CC1. The number of halogens is 1. The molecule has 1 fully saturated rings. The molecule has 0 aliphatic heterocycles. The first-order valence-corrected chi connectivity index (χ1v) is 11.6. The van der Waals surface area contributed by atoms with Gasteiger partial charge in [0.15, 0.2) is 5.82 Å². The van der Waals surface area contributed by atoms with Crippen LogP contribution in [0.5, 0.6) is 0 Å². The van der Waals surface area contributed by atoms with Crippen LogP contribution in [0.3, 0.4) is 0 Å². The molecule has 8 nitrogen and oxygen atoms in total. The van der Waals surface area contributed by atoms with Crippen molar-refractivity contribution in [2.24, 2.45) is 11.6 Å². The number of aromatic nitrogens is 3. The van der Waals surface area contributed by atoms with Crippen LogP contribution in [-0.2, 0) is 0 Å². The molecule has 0 bridgehead atoms. The highest BCUT2D eigenvalue weighted by Crippen LogP contribution is 2.34. The van der Waals surface area contributed by atoms with E-state index < -0.39 is 5.82 Å². The van der Waals surface area contributed by atoms with Gasteiger partial charge in [0.2, 0.25) is 0 Å². The topological polar surface area (TPSA) is 112 Å². The van der Waals surface area contributed by atoms with Crippen molar-refractivity contribution >= 4 is 23.0 Å². The lowest BCUT2D eigenvalue weighted by atomic mass is 9.90. The number of nitrogens with zero attached hydrogens (tertiary/aromatic N) is 6. The zero-order chi connectivity index (χ0) is 23.5. The highest BCUT2D eigenvalue weighted by molar-refractivity contribution is 7.99. The van der Waals surface area contributed by atoms with E-state index in [1.54, 1.807) is 21.9 Å². The van der Waals surface area contributed by atoms with Crippen LogP contribution in [0.25, 0.3) is 11.2 Å². The van der Waals surface area contributed by atoms with Gasteiger partial charge in [0.1, 0.15) is 11.1 Å². The van der Waals surface area contributed by atoms with Gasteiger partial charge >= 0.3 is 0 Å². The molecule has 3 heterocycles. The number of hydrogen-bond acceptors (Lipinski definition) is 8. The maximum absolute atomic E-state index is 14.3. The minimum atomic E-state index is -0.436. The van der Waals surface area contributed by atoms with Crippen molar-refractivity contribution in [2.75, 3.05) is 14.1 Å². The normalized spacial score (nSPS) is 19.1. The third kappa shape index (κ3) is 4.95. The Balaban J connectivity index is 1.63. The molecule has 3 aromatic heterocycles. The van der Waals surface area contributed by atoms with Gasteiger partial charge in [-0.3, -0.25) is 0 Å². The van der Waals surface area contributed by atoms with Crippen LogP contribution in [0, 0.1) is 17.1 Å². The molecule has 0 amide bonds. The van der Waals surface area contributed by atoms with Gasteiger partial charge in [-0.15, -0.1) is 0 Å². The monoisotopic (exact) mass is 466 g/mol. The summed E-state index contributed by atoms with van der Waals surface area (Å²) in [6.45, 7) is 0. The summed E-state index contributed by atoms with van der Waals surface area (Å²) in [6, 6.07) is 7.64. The van der Waals surface area contributed by atoms with Gasteiger partial charge < -0.3 is 15.6 Å². The fourth-order valence-electron chi connectivity index (χ4n) is 4.17. The van der Waals surface area contributed by atoms with E-state index in [0.29, 0.717) is 33.3 Å². The summed E-state index contributed by atoms with van der Waals surface area (Å²) in [6.07, 6.45) is 10.7. The number of nitriles is 1. The van der Waals surface area contributed by atoms with E-state index in [-0.39, 0.29) is 11.1 Å². The van der Waals surface area contributed by atoms with E-state index in [0.717, 1.165) is 37.4 Å². The first-order chi connectivity index (χ1) is 15.9. The first kappa shape index (κ1) is 23.0. The third-order valence-corrected chi connectivity index (χ3v) is 7.09. The Labute approximate surface area is 196 Å². The fourth-order valence-corrected chi connectivity index (χ4v) is 5.14. The van der Waals surface area contributed by atoms with Crippen molar-refractivity contribution in [2.45, 2.75) is 47.7 Å². The lowest BCUT2D eigenvalue weighted by Gasteiger charge is -2.36. The largest absolute Gasteiger partial charge is 0.397 e. The van der Waals surface area contributed by atoms with Crippen LogP contribution in [-0.4, -0.2) is 50.7 Å². The average Bonchev–Trinajstić information content (AvgIpc) is 3.24. The Morgan fingerprint density at radius 2 is 2.03 bits per heavy atom. The number of hydrogen-bond donors (Lipinski definition) is 2. The summed E-state index contributed by atoms with van der Waals surface area (Å²) >= 11 is 1.13. The van der Waals surface area contributed by atoms with Gasteiger partial charge in [-0.25, -0.2) is 19.7 Å². The Kier molecular flexibility index (Phi) is 6.83. The lowest BCUT2D eigenvalue weighted by molar-refractivity contribution is 0.153. The molecule has 0 spiro atoms. The molecule has 0 radical (unpaired) electrons. The molecule has 0 unspecified atom stereocenters. The second-order valence-electron chi connectivity index (χ2n) is 8.41. The molecule has 4 rings (SSSR count). The van der Waals surface area contributed by atoms with E-state index in [2.05, 4.69) is 35.1 Å². The van der Waals surface area contributed by atoms with Gasteiger partial charge in [-0.2, -0.15) is 10.4 Å². The summed E-state index contributed by atoms with van der Waals surface area (Å²) in [5.41, 5.74) is 8.53. The Bertz CT molecular complexity index is 1210. The smallest absolute Gasteiger partial charge is 0.155 e. The Morgan fingerprint density at radius 1 is 1.30 bits per heavy atom. The van der Waals surface area contributed by atoms with Crippen LogP contribution in [0.4, 0.5) is 4.39 Å². The van der Waals surface area contributed by atoms with Gasteiger partial charge in [0.05, 0.1) is 23.0 Å². The summed E-state index contributed by atoms with van der Waals surface area (Å²) in [4.78, 5) is 7.01. The molecule has 3 aromatic rings. The molecule has 1 saturated carbocycles. The number of pyridine rings is 2. The third-order valence-electron chi connectivity index (χ3n) is 6.07. The first-order valence-electron chi connectivity index (χ1n) is 10.7. The highest BCUT2D eigenvalue weighted by atomic mass is 32.2. The fraction of sp³-hybridized carbons (Fsp3) is 0.348. The minimum absolute atomic E-state index is 0.210. The van der Waals surface area contributed by atoms with Crippen LogP contribution in [0.2, 0.25) is 0 Å². The molecule has 172 valence electrons. The number of nitrogens with two attached hydrogens (primary N) is 2. The second-order valence-corrected chi connectivity index (χ2v) is 9.44. The molecular weight excluding hydrogens is 439 g/mol. The molecular formula is C23H27FN8S. The standard InChI is InChI=1S/C23H27FN8S/c1-30(2)17-5-7-18(8-6-17)31(27)14-20(26)15-10-21(33-23-19(24)4-3-9-28-23)22-16(11-25)12-29-32(22)13-15/h3-4,9-10,12-14,17-18H,5-8,26-27H2,1-2H3/b20-14-. The average molecular weight is 467 g/mol. The van der Waals surface area contributed by atoms with Gasteiger partial charge in [-0.05, 0) is 58.0 Å². The van der Waals surface area contributed by atoms with E-state index in [1.165, 1.54) is 24.5 Å². The molecule has 0 saturated heterocycles. The van der Waals surface area contributed by atoms with Crippen LogP contribution in [0.15, 0.2) is 52.9 Å². The predicted octanol–water partition coefficient (Wildman–Crippen LogP) is 3.20. The molecule has 1 aliphatic carbocycles. The second kappa shape index (κ2) is 9.79. The predicted molar refractivity (Wildman–Crippen MR) is 126 cm³/mol. The van der Waals surface area contributed by atoms with Crippen LogP contribution < -0.4 is 11.6 Å². The quantitative estimate of drug-likeness (QED) is 0.421. The summed E-state index contributed by atoms with van der Waals surface area (Å²) in [7, 11) is 4.22. The van der Waals surface area contributed by atoms with Gasteiger partial charge in [0.25, 0.3) is 0 Å². The molecule has 0 atom stereocenters. The molecule has 10 heteroatoms. The summed E-state index contributed by atoms with van der Waals surface area (Å²) < 4.78 is 15.8. The maximum atomic E-state index is 14.3. The van der Waals surface area contributed by atoms with Crippen molar-refractivity contribution < 1.29 is 4.39 Å². The van der Waals surface area contributed by atoms with Crippen molar-refractivity contribution in [1.82, 2.24) is 24.5 Å². The van der Waals surface area contributed by atoms with E-state index in [9.17, 15) is 9.65 Å². The Morgan fingerprint density at radius 3 is 2.70 bits per heavy atom. The maximum Gasteiger partial charge on any atom is 0.155 e. The number of rotatable bonds is 6. The summed E-state index contributed by atoms with van der Waals surface area (Å²) in [5.74, 6) is 5.92. The minimum Gasteiger partial charge on any atom is -0.397 e.